The van der Waals surface area contributed by atoms with E-state index in [1.165, 1.54) is 77.0 Å². The number of ether oxygens (including phenoxy) is 2. The lowest BCUT2D eigenvalue weighted by Crippen LogP contribution is -2.28. The number of carbonyl (C=O) groups is 2. The van der Waals surface area contributed by atoms with Gasteiger partial charge in [0.05, 0.1) is 6.61 Å². The third-order valence-corrected chi connectivity index (χ3v) is 8.28. The van der Waals surface area contributed by atoms with E-state index in [0.29, 0.717) is 12.8 Å². The normalized spacial score (nSPS) is 12.8. The van der Waals surface area contributed by atoms with Gasteiger partial charge in [0.1, 0.15) is 6.61 Å². The SMILES string of the molecule is CCCCC/C=C\C/C=C\C/C=C\CCCCCCC(=O)OC[C@H](CO)OC(=O)CCCCCCCCC/C=C\C/C=C\CCCCC. The van der Waals surface area contributed by atoms with Gasteiger partial charge in [-0.2, -0.15) is 0 Å². The number of unbranched alkanes of at least 4 members (excludes halogenated alkanes) is 17. The van der Waals surface area contributed by atoms with Crippen molar-refractivity contribution in [3.05, 3.63) is 60.8 Å². The van der Waals surface area contributed by atoms with E-state index in [1.54, 1.807) is 0 Å². The zero-order chi connectivity index (χ0) is 35.0. The molecule has 1 atom stereocenters. The molecule has 0 rings (SSSR count). The van der Waals surface area contributed by atoms with E-state index in [1.807, 2.05) is 0 Å². The van der Waals surface area contributed by atoms with E-state index < -0.39 is 6.10 Å². The topological polar surface area (TPSA) is 72.8 Å². The van der Waals surface area contributed by atoms with Gasteiger partial charge < -0.3 is 14.6 Å². The van der Waals surface area contributed by atoms with Crippen LogP contribution >= 0.6 is 0 Å². The first-order chi connectivity index (χ1) is 23.6. The van der Waals surface area contributed by atoms with Gasteiger partial charge in [0.2, 0.25) is 0 Å². The second kappa shape index (κ2) is 39.0. The van der Waals surface area contributed by atoms with E-state index >= 15 is 0 Å². The molecule has 0 aliphatic heterocycles. The molecular formula is C43H74O5. The van der Waals surface area contributed by atoms with Crippen LogP contribution in [-0.4, -0.2) is 36.4 Å². The summed E-state index contributed by atoms with van der Waals surface area (Å²) in [5.41, 5.74) is 0. The van der Waals surface area contributed by atoms with Crippen molar-refractivity contribution in [2.45, 2.75) is 187 Å². The third kappa shape index (κ3) is 36.4. The van der Waals surface area contributed by atoms with Gasteiger partial charge in [0.15, 0.2) is 6.10 Å². The Morgan fingerprint density at radius 1 is 0.479 bits per heavy atom. The van der Waals surface area contributed by atoms with Gasteiger partial charge in [-0.05, 0) is 83.5 Å². The van der Waals surface area contributed by atoms with Crippen molar-refractivity contribution in [3.63, 3.8) is 0 Å². The van der Waals surface area contributed by atoms with Crippen molar-refractivity contribution in [3.8, 4) is 0 Å². The van der Waals surface area contributed by atoms with Crippen LogP contribution in [0.3, 0.4) is 0 Å². The number of rotatable bonds is 35. The van der Waals surface area contributed by atoms with Crippen LogP contribution in [-0.2, 0) is 19.1 Å². The van der Waals surface area contributed by atoms with Gasteiger partial charge in [0.25, 0.3) is 0 Å². The van der Waals surface area contributed by atoms with Gasteiger partial charge in [-0.25, -0.2) is 0 Å². The van der Waals surface area contributed by atoms with Crippen LogP contribution in [0, 0.1) is 0 Å². The number of aliphatic hydroxyl groups excluding tert-OH is 1. The van der Waals surface area contributed by atoms with Crippen LogP contribution in [0.2, 0.25) is 0 Å². The predicted octanol–water partition coefficient (Wildman–Crippen LogP) is 12.4. The van der Waals surface area contributed by atoms with Crippen LogP contribution < -0.4 is 0 Å². The zero-order valence-corrected chi connectivity index (χ0v) is 31.2. The molecular weight excluding hydrogens is 596 g/mol. The van der Waals surface area contributed by atoms with E-state index in [0.717, 1.165) is 77.0 Å². The van der Waals surface area contributed by atoms with Gasteiger partial charge in [-0.3, -0.25) is 9.59 Å². The molecule has 276 valence electrons. The molecule has 5 heteroatoms. The van der Waals surface area contributed by atoms with Crippen molar-refractivity contribution in [1.29, 1.82) is 0 Å². The summed E-state index contributed by atoms with van der Waals surface area (Å²) in [5.74, 6) is -0.628. The van der Waals surface area contributed by atoms with Gasteiger partial charge in [-0.15, -0.1) is 0 Å². The highest BCUT2D eigenvalue weighted by atomic mass is 16.6. The molecule has 0 unspecified atom stereocenters. The number of aliphatic hydroxyl groups is 1. The Morgan fingerprint density at radius 3 is 1.25 bits per heavy atom. The molecule has 0 heterocycles. The van der Waals surface area contributed by atoms with Gasteiger partial charge in [-0.1, -0.05) is 145 Å². The molecule has 1 N–H and O–H groups in total. The lowest BCUT2D eigenvalue weighted by atomic mass is 10.1. The molecule has 0 fully saturated rings. The summed E-state index contributed by atoms with van der Waals surface area (Å²) in [6.07, 6.45) is 49.9. The maximum Gasteiger partial charge on any atom is 0.306 e. The molecule has 0 aromatic heterocycles. The van der Waals surface area contributed by atoms with Crippen LogP contribution in [0.1, 0.15) is 181 Å². The average molecular weight is 671 g/mol. The summed E-state index contributed by atoms with van der Waals surface area (Å²) in [4.78, 5) is 24.3. The maximum absolute atomic E-state index is 12.2. The summed E-state index contributed by atoms with van der Waals surface area (Å²) >= 11 is 0. The Hall–Kier alpha value is -2.40. The minimum absolute atomic E-state index is 0.0828. The van der Waals surface area contributed by atoms with Gasteiger partial charge in [0, 0.05) is 12.8 Å². The molecule has 0 amide bonds. The summed E-state index contributed by atoms with van der Waals surface area (Å²) in [5, 5.41) is 9.55. The second-order valence-electron chi connectivity index (χ2n) is 13.0. The second-order valence-corrected chi connectivity index (χ2v) is 13.0. The number of hydrogen-bond donors (Lipinski definition) is 1. The lowest BCUT2D eigenvalue weighted by molar-refractivity contribution is -0.161. The summed E-state index contributed by atoms with van der Waals surface area (Å²) in [7, 11) is 0. The molecule has 5 nitrogen and oxygen atoms in total. The number of esters is 2. The molecule has 0 saturated carbocycles. The molecule has 48 heavy (non-hydrogen) atoms. The zero-order valence-electron chi connectivity index (χ0n) is 31.2. The predicted molar refractivity (Wildman–Crippen MR) is 205 cm³/mol. The minimum atomic E-state index is -0.786. The number of allylic oxidation sites excluding steroid dienone is 10. The fraction of sp³-hybridized carbons (Fsp3) is 0.721. The quantitative estimate of drug-likeness (QED) is 0.0413. The first-order valence-electron chi connectivity index (χ1n) is 19.8. The Bertz CT molecular complexity index is 853. The van der Waals surface area contributed by atoms with Crippen molar-refractivity contribution in [2.24, 2.45) is 0 Å². The van der Waals surface area contributed by atoms with Crippen LogP contribution in [0.5, 0.6) is 0 Å². The molecule has 0 aliphatic rings. The summed E-state index contributed by atoms with van der Waals surface area (Å²) in [6, 6.07) is 0. The largest absolute Gasteiger partial charge is 0.462 e. The minimum Gasteiger partial charge on any atom is -0.462 e. The summed E-state index contributed by atoms with van der Waals surface area (Å²) < 4.78 is 10.6. The summed E-state index contributed by atoms with van der Waals surface area (Å²) in [6.45, 7) is 4.05. The Morgan fingerprint density at radius 2 is 0.833 bits per heavy atom. The number of hydrogen-bond acceptors (Lipinski definition) is 5. The van der Waals surface area contributed by atoms with E-state index in [4.69, 9.17) is 9.47 Å². The number of carbonyl (C=O) groups excluding carboxylic acids is 2. The van der Waals surface area contributed by atoms with E-state index in [2.05, 4.69) is 74.6 Å². The average Bonchev–Trinajstić information content (AvgIpc) is 3.09. The Balaban J connectivity index is 3.63. The maximum atomic E-state index is 12.2. The van der Waals surface area contributed by atoms with Crippen molar-refractivity contribution in [1.82, 2.24) is 0 Å². The smallest absolute Gasteiger partial charge is 0.306 e. The molecule has 0 aliphatic carbocycles. The molecule has 0 radical (unpaired) electrons. The molecule has 0 aromatic rings. The van der Waals surface area contributed by atoms with Gasteiger partial charge >= 0.3 is 11.9 Å². The monoisotopic (exact) mass is 671 g/mol. The highest BCUT2D eigenvalue weighted by Gasteiger charge is 2.16. The fourth-order valence-corrected chi connectivity index (χ4v) is 5.24. The van der Waals surface area contributed by atoms with Crippen LogP contribution in [0.25, 0.3) is 0 Å². The molecule has 0 aromatic carbocycles. The Labute approximate surface area is 296 Å². The first kappa shape index (κ1) is 45.6. The first-order valence-corrected chi connectivity index (χ1v) is 19.8. The van der Waals surface area contributed by atoms with Crippen molar-refractivity contribution >= 4 is 11.9 Å². The molecule has 0 saturated heterocycles. The standard InChI is InChI=1S/C43H74O5/c1-3-5-7-9-11-13-15-17-19-21-23-25-27-29-31-33-35-37-42(45)47-40-41(39-44)48-43(46)38-36-34-32-30-28-26-24-22-20-18-16-14-12-10-8-6-4-2/h11-14,17-20,23,25,41,44H,3-10,15-16,21-22,24,26-40H2,1-2H3/b13-11-,14-12-,19-17-,20-18-,25-23-/t41-/m0/s1. The van der Waals surface area contributed by atoms with Crippen LogP contribution in [0.4, 0.5) is 0 Å². The fourth-order valence-electron chi connectivity index (χ4n) is 5.24. The molecule has 0 bridgehead atoms. The third-order valence-electron chi connectivity index (χ3n) is 8.28. The highest BCUT2D eigenvalue weighted by Crippen LogP contribution is 2.12. The van der Waals surface area contributed by atoms with E-state index in [9.17, 15) is 14.7 Å². The molecule has 0 spiro atoms. The lowest BCUT2D eigenvalue weighted by Gasteiger charge is -2.15. The van der Waals surface area contributed by atoms with Crippen molar-refractivity contribution in [2.75, 3.05) is 13.2 Å². The Kier molecular flexibility index (Phi) is 37.1. The highest BCUT2D eigenvalue weighted by molar-refractivity contribution is 5.70. The van der Waals surface area contributed by atoms with Crippen LogP contribution in [0.15, 0.2) is 60.8 Å². The van der Waals surface area contributed by atoms with Crippen molar-refractivity contribution < 1.29 is 24.2 Å². The van der Waals surface area contributed by atoms with E-state index in [-0.39, 0.29) is 25.2 Å².